The summed E-state index contributed by atoms with van der Waals surface area (Å²) in [6.45, 7) is 1.20. The van der Waals surface area contributed by atoms with Crippen molar-refractivity contribution in [1.82, 2.24) is 9.78 Å². The zero-order valence-electron chi connectivity index (χ0n) is 9.44. The fourth-order valence-electron chi connectivity index (χ4n) is 1.88. The van der Waals surface area contributed by atoms with Gasteiger partial charge in [0.15, 0.2) is 0 Å². The van der Waals surface area contributed by atoms with Crippen LogP contribution in [-0.4, -0.2) is 52.2 Å². The highest BCUT2D eigenvalue weighted by atomic mass is 16.6. The Bertz CT molecular complexity index is 419. The van der Waals surface area contributed by atoms with Gasteiger partial charge < -0.3 is 14.7 Å². The first-order valence-electron chi connectivity index (χ1n) is 5.26. The standard InChI is InChI=1S/C9H14N4O4/c1-11-4-8(13(15)16)9(10-11)12-2-3-17-6-7(12)5-14/h4,7,14H,2-3,5-6H2,1H3. The molecule has 1 aromatic rings. The first-order chi connectivity index (χ1) is 8.13. The van der Waals surface area contributed by atoms with Crippen molar-refractivity contribution in [2.45, 2.75) is 6.04 Å². The van der Waals surface area contributed by atoms with Gasteiger partial charge in [-0.2, -0.15) is 0 Å². The Labute approximate surface area is 97.5 Å². The first kappa shape index (κ1) is 11.8. The van der Waals surface area contributed by atoms with Gasteiger partial charge in [-0.3, -0.25) is 14.8 Å². The Morgan fingerprint density at radius 3 is 3.18 bits per heavy atom. The second kappa shape index (κ2) is 4.68. The van der Waals surface area contributed by atoms with Crippen LogP contribution in [0.3, 0.4) is 0 Å². The molecule has 8 nitrogen and oxygen atoms in total. The highest BCUT2D eigenvalue weighted by Crippen LogP contribution is 2.28. The summed E-state index contributed by atoms with van der Waals surface area (Å²) in [5.74, 6) is 0.292. The summed E-state index contributed by atoms with van der Waals surface area (Å²) in [6, 6.07) is -0.280. The van der Waals surface area contributed by atoms with Gasteiger partial charge in [0, 0.05) is 13.6 Å². The van der Waals surface area contributed by atoms with E-state index in [0.717, 1.165) is 0 Å². The van der Waals surface area contributed by atoms with E-state index < -0.39 is 4.92 Å². The first-order valence-corrected chi connectivity index (χ1v) is 5.26. The van der Waals surface area contributed by atoms with Crippen LogP contribution < -0.4 is 4.90 Å². The number of rotatable bonds is 3. The number of hydrogen-bond donors (Lipinski definition) is 1. The molecule has 17 heavy (non-hydrogen) atoms. The molecule has 1 unspecified atom stereocenters. The van der Waals surface area contributed by atoms with E-state index >= 15 is 0 Å². The molecule has 0 spiro atoms. The lowest BCUT2D eigenvalue weighted by Gasteiger charge is -2.33. The molecular weight excluding hydrogens is 228 g/mol. The van der Waals surface area contributed by atoms with Crippen LogP contribution in [0.15, 0.2) is 6.20 Å². The molecule has 1 aliphatic heterocycles. The average Bonchev–Trinajstić information content (AvgIpc) is 2.71. The fraction of sp³-hybridized carbons (Fsp3) is 0.667. The van der Waals surface area contributed by atoms with E-state index in [-0.39, 0.29) is 18.3 Å². The van der Waals surface area contributed by atoms with Gasteiger partial charge in [0.1, 0.15) is 6.20 Å². The minimum absolute atomic E-state index is 0.0483. The third kappa shape index (κ3) is 2.22. The minimum Gasteiger partial charge on any atom is -0.394 e. The fourth-order valence-corrected chi connectivity index (χ4v) is 1.88. The molecule has 0 amide bonds. The average molecular weight is 242 g/mol. The van der Waals surface area contributed by atoms with Gasteiger partial charge in [-0.15, -0.1) is 5.10 Å². The van der Waals surface area contributed by atoms with E-state index in [4.69, 9.17) is 4.74 Å². The van der Waals surface area contributed by atoms with E-state index in [1.807, 2.05) is 0 Å². The zero-order chi connectivity index (χ0) is 12.4. The molecule has 1 aromatic heterocycles. The molecule has 2 rings (SSSR count). The molecule has 1 fully saturated rings. The molecule has 0 saturated carbocycles. The molecule has 0 radical (unpaired) electrons. The number of aromatic nitrogens is 2. The van der Waals surface area contributed by atoms with Crippen LogP contribution in [0.1, 0.15) is 0 Å². The van der Waals surface area contributed by atoms with Crippen molar-refractivity contribution in [2.24, 2.45) is 7.05 Å². The maximum atomic E-state index is 10.9. The third-order valence-electron chi connectivity index (χ3n) is 2.70. The van der Waals surface area contributed by atoms with Crippen molar-refractivity contribution in [1.29, 1.82) is 0 Å². The number of aliphatic hydroxyl groups is 1. The second-order valence-corrected chi connectivity index (χ2v) is 3.87. The summed E-state index contributed by atoms with van der Waals surface area (Å²) in [7, 11) is 1.63. The van der Waals surface area contributed by atoms with Crippen molar-refractivity contribution in [3.63, 3.8) is 0 Å². The summed E-state index contributed by atoms with van der Waals surface area (Å²) < 4.78 is 6.63. The van der Waals surface area contributed by atoms with E-state index in [0.29, 0.717) is 25.6 Å². The Morgan fingerprint density at radius 1 is 1.76 bits per heavy atom. The Hall–Kier alpha value is -1.67. The quantitative estimate of drug-likeness (QED) is 0.568. The second-order valence-electron chi connectivity index (χ2n) is 3.87. The lowest BCUT2D eigenvalue weighted by Crippen LogP contribution is -2.48. The molecule has 0 bridgehead atoms. The summed E-state index contributed by atoms with van der Waals surface area (Å²) >= 11 is 0. The highest BCUT2D eigenvalue weighted by Gasteiger charge is 2.31. The zero-order valence-corrected chi connectivity index (χ0v) is 9.44. The van der Waals surface area contributed by atoms with Crippen LogP contribution in [0.5, 0.6) is 0 Å². The molecule has 8 heteroatoms. The third-order valence-corrected chi connectivity index (χ3v) is 2.70. The molecule has 0 aliphatic carbocycles. The van der Waals surface area contributed by atoms with Gasteiger partial charge in [0.2, 0.25) is 5.82 Å². The number of anilines is 1. The molecule has 1 aliphatic rings. The topological polar surface area (TPSA) is 93.7 Å². The van der Waals surface area contributed by atoms with Crippen molar-refractivity contribution in [2.75, 3.05) is 31.3 Å². The molecule has 2 heterocycles. The summed E-state index contributed by atoms with van der Waals surface area (Å²) in [4.78, 5) is 12.2. The number of nitro groups is 1. The molecule has 94 valence electrons. The SMILES string of the molecule is Cn1cc([N+](=O)[O-])c(N2CCOCC2CO)n1. The Morgan fingerprint density at radius 2 is 2.53 bits per heavy atom. The van der Waals surface area contributed by atoms with Gasteiger partial charge >= 0.3 is 5.69 Å². The van der Waals surface area contributed by atoms with Gasteiger partial charge in [-0.1, -0.05) is 0 Å². The predicted octanol–water partition coefficient (Wildman–Crippen LogP) is -0.474. The lowest BCUT2D eigenvalue weighted by atomic mass is 10.2. The number of morpholine rings is 1. The van der Waals surface area contributed by atoms with Crippen molar-refractivity contribution < 1.29 is 14.8 Å². The van der Waals surface area contributed by atoms with Crippen LogP contribution in [0.4, 0.5) is 11.5 Å². The number of nitrogens with zero attached hydrogens (tertiary/aromatic N) is 4. The Kier molecular flexibility index (Phi) is 3.25. The molecule has 1 N–H and O–H groups in total. The number of hydrogen-bond acceptors (Lipinski definition) is 6. The van der Waals surface area contributed by atoms with E-state index in [1.54, 1.807) is 11.9 Å². The molecule has 1 atom stereocenters. The van der Waals surface area contributed by atoms with Gasteiger partial charge in [0.05, 0.1) is 30.8 Å². The number of aryl methyl sites for hydroxylation is 1. The molecular formula is C9H14N4O4. The van der Waals surface area contributed by atoms with Crippen LogP contribution >= 0.6 is 0 Å². The largest absolute Gasteiger partial charge is 0.394 e. The van der Waals surface area contributed by atoms with Crippen LogP contribution in [0, 0.1) is 10.1 Å². The van der Waals surface area contributed by atoms with Gasteiger partial charge in [-0.05, 0) is 0 Å². The minimum atomic E-state index is -0.466. The summed E-state index contributed by atoms with van der Waals surface area (Å²) in [6.07, 6.45) is 1.36. The van der Waals surface area contributed by atoms with E-state index in [1.165, 1.54) is 10.9 Å². The Balaban J connectivity index is 2.34. The maximum Gasteiger partial charge on any atom is 0.330 e. The van der Waals surface area contributed by atoms with Gasteiger partial charge in [-0.25, -0.2) is 0 Å². The van der Waals surface area contributed by atoms with Crippen LogP contribution in [-0.2, 0) is 11.8 Å². The number of aliphatic hydroxyl groups excluding tert-OH is 1. The maximum absolute atomic E-state index is 10.9. The molecule has 0 aromatic carbocycles. The predicted molar refractivity (Wildman–Crippen MR) is 58.9 cm³/mol. The smallest absolute Gasteiger partial charge is 0.330 e. The lowest BCUT2D eigenvalue weighted by molar-refractivity contribution is -0.384. The van der Waals surface area contributed by atoms with E-state index in [9.17, 15) is 15.2 Å². The highest BCUT2D eigenvalue weighted by molar-refractivity contribution is 5.57. The van der Waals surface area contributed by atoms with Crippen molar-refractivity contribution in [3.8, 4) is 0 Å². The normalized spacial score (nSPS) is 20.6. The number of ether oxygens (including phenoxy) is 1. The van der Waals surface area contributed by atoms with Crippen LogP contribution in [0.25, 0.3) is 0 Å². The molecule has 1 saturated heterocycles. The van der Waals surface area contributed by atoms with Gasteiger partial charge in [0.25, 0.3) is 0 Å². The van der Waals surface area contributed by atoms with E-state index in [2.05, 4.69) is 5.10 Å². The monoisotopic (exact) mass is 242 g/mol. The van der Waals surface area contributed by atoms with Crippen molar-refractivity contribution in [3.05, 3.63) is 16.3 Å². The summed E-state index contributed by atoms with van der Waals surface area (Å²) in [5, 5.41) is 24.2. The summed E-state index contributed by atoms with van der Waals surface area (Å²) in [5.41, 5.74) is -0.0483. The van der Waals surface area contributed by atoms with Crippen LogP contribution in [0.2, 0.25) is 0 Å². The van der Waals surface area contributed by atoms with Crippen molar-refractivity contribution >= 4 is 11.5 Å².